The molecule has 22 heavy (non-hydrogen) atoms. The number of hydrogen-bond acceptors (Lipinski definition) is 5. The van der Waals surface area contributed by atoms with Gasteiger partial charge in [-0.25, -0.2) is 8.42 Å². The van der Waals surface area contributed by atoms with E-state index < -0.39 is 10.0 Å². The van der Waals surface area contributed by atoms with Crippen LogP contribution in [-0.4, -0.2) is 52.4 Å². The van der Waals surface area contributed by atoms with Crippen molar-refractivity contribution in [3.8, 4) is 11.5 Å². The minimum Gasteiger partial charge on any atom is -0.488 e. The van der Waals surface area contributed by atoms with Crippen LogP contribution in [0.15, 0.2) is 18.2 Å². The maximum Gasteiger partial charge on any atom is 0.229 e. The molecule has 0 bridgehead atoms. The van der Waals surface area contributed by atoms with E-state index >= 15 is 0 Å². The maximum absolute atomic E-state index is 11.3. The molecule has 0 spiro atoms. The van der Waals surface area contributed by atoms with Crippen LogP contribution in [0.3, 0.4) is 0 Å². The molecule has 6 nitrogen and oxygen atoms in total. The van der Waals surface area contributed by atoms with Crippen LogP contribution in [0.1, 0.15) is 12.8 Å². The zero-order valence-corrected chi connectivity index (χ0v) is 13.6. The minimum absolute atomic E-state index is 0.485. The Labute approximate surface area is 131 Å². The molecule has 0 atom stereocenters. The highest BCUT2D eigenvalue weighted by molar-refractivity contribution is 7.92. The second kappa shape index (κ2) is 6.34. The maximum atomic E-state index is 11.3. The van der Waals surface area contributed by atoms with E-state index in [1.54, 1.807) is 18.2 Å². The zero-order valence-electron chi connectivity index (χ0n) is 12.7. The third kappa shape index (κ3) is 4.51. The summed E-state index contributed by atoms with van der Waals surface area (Å²) in [5, 5.41) is 0. The van der Waals surface area contributed by atoms with Gasteiger partial charge in [0.05, 0.1) is 11.9 Å². The summed E-state index contributed by atoms with van der Waals surface area (Å²) >= 11 is 0. The van der Waals surface area contributed by atoms with Gasteiger partial charge in [0.25, 0.3) is 0 Å². The zero-order chi connectivity index (χ0) is 15.6. The number of anilines is 1. The lowest BCUT2D eigenvalue weighted by molar-refractivity contribution is 0.191. The van der Waals surface area contributed by atoms with Crippen LogP contribution in [0, 0.1) is 5.92 Å². The van der Waals surface area contributed by atoms with Crippen LogP contribution in [0.4, 0.5) is 5.69 Å². The largest absolute Gasteiger partial charge is 0.488 e. The third-order valence-corrected chi connectivity index (χ3v) is 4.40. The molecule has 1 fully saturated rings. The summed E-state index contributed by atoms with van der Waals surface area (Å²) in [4.78, 5) is 2.37. The highest BCUT2D eigenvalue weighted by Crippen LogP contribution is 2.32. The Morgan fingerprint density at radius 3 is 2.50 bits per heavy atom. The average molecular weight is 326 g/mol. The van der Waals surface area contributed by atoms with E-state index in [0.29, 0.717) is 30.4 Å². The molecule has 0 radical (unpaired) electrons. The monoisotopic (exact) mass is 326 g/mol. The molecule has 0 aromatic heterocycles. The number of nitrogens with zero attached hydrogens (tertiary/aromatic N) is 1. The van der Waals surface area contributed by atoms with E-state index in [9.17, 15) is 8.42 Å². The van der Waals surface area contributed by atoms with E-state index in [1.165, 1.54) is 12.8 Å². The van der Waals surface area contributed by atoms with Gasteiger partial charge in [-0.15, -0.1) is 0 Å². The van der Waals surface area contributed by atoms with Gasteiger partial charge in [0.15, 0.2) is 11.5 Å². The molecule has 1 N–H and O–H groups in total. The molecule has 1 aliphatic carbocycles. The fraction of sp³-hybridized carbons (Fsp3) is 0.600. The summed E-state index contributed by atoms with van der Waals surface area (Å²) in [6.07, 6.45) is 3.79. The van der Waals surface area contributed by atoms with E-state index in [4.69, 9.17) is 9.47 Å². The topological polar surface area (TPSA) is 67.9 Å². The molecule has 122 valence electrons. The molecule has 0 amide bonds. The van der Waals surface area contributed by atoms with Gasteiger partial charge in [-0.2, -0.15) is 0 Å². The quantitative estimate of drug-likeness (QED) is 0.909. The van der Waals surface area contributed by atoms with Crippen LogP contribution in [0.5, 0.6) is 11.5 Å². The molecule has 1 aromatic carbocycles. The Kier molecular flexibility index (Phi) is 4.44. The molecular formula is C15H22N2O4S. The standard InChI is InChI=1S/C15H22N2O4S/c1-22(18,19)16-13-4-5-14-15(10-13)21-9-7-17(6-8-20-14)11-12-2-3-12/h4-5,10,12,16H,2-3,6-9,11H2,1H3. The van der Waals surface area contributed by atoms with Crippen LogP contribution in [0.2, 0.25) is 0 Å². The number of ether oxygens (including phenoxy) is 2. The molecule has 1 saturated carbocycles. The summed E-state index contributed by atoms with van der Waals surface area (Å²) in [6.45, 7) is 4.06. The molecule has 0 saturated heterocycles. The molecule has 3 rings (SSSR count). The Balaban J connectivity index is 1.68. The summed E-state index contributed by atoms with van der Waals surface area (Å²) in [5.41, 5.74) is 0.485. The summed E-state index contributed by atoms with van der Waals surface area (Å²) in [5.74, 6) is 2.09. The fourth-order valence-electron chi connectivity index (χ4n) is 2.55. The fourth-order valence-corrected chi connectivity index (χ4v) is 3.10. The lowest BCUT2D eigenvalue weighted by atomic mass is 10.3. The van der Waals surface area contributed by atoms with Crippen molar-refractivity contribution >= 4 is 15.7 Å². The molecule has 7 heteroatoms. The van der Waals surface area contributed by atoms with Crippen LogP contribution < -0.4 is 14.2 Å². The highest BCUT2D eigenvalue weighted by atomic mass is 32.2. The van der Waals surface area contributed by atoms with Gasteiger partial charge in [0, 0.05) is 25.7 Å². The Hall–Kier alpha value is -1.47. The van der Waals surface area contributed by atoms with Crippen molar-refractivity contribution in [1.82, 2.24) is 4.90 Å². The van der Waals surface area contributed by atoms with E-state index in [1.807, 2.05) is 0 Å². The molecule has 1 heterocycles. The Bertz CT molecular complexity index is 628. The van der Waals surface area contributed by atoms with Crippen molar-refractivity contribution in [1.29, 1.82) is 0 Å². The first-order valence-corrected chi connectivity index (χ1v) is 9.48. The van der Waals surface area contributed by atoms with Gasteiger partial charge < -0.3 is 9.47 Å². The van der Waals surface area contributed by atoms with Gasteiger partial charge in [0.2, 0.25) is 10.0 Å². The minimum atomic E-state index is -3.30. The molecule has 2 aliphatic rings. The SMILES string of the molecule is CS(=O)(=O)Nc1ccc2c(c1)OCCN(CC1CC1)CCO2. The third-order valence-electron chi connectivity index (χ3n) is 3.79. The molecular weight excluding hydrogens is 304 g/mol. The first kappa shape index (κ1) is 15.4. The van der Waals surface area contributed by atoms with Crippen LogP contribution >= 0.6 is 0 Å². The molecule has 1 aliphatic heterocycles. The second-order valence-corrected chi connectivity index (χ2v) is 7.73. The van der Waals surface area contributed by atoms with Crippen LogP contribution in [0.25, 0.3) is 0 Å². The first-order chi connectivity index (χ1) is 10.5. The number of fused-ring (bicyclic) bond motifs is 1. The summed E-state index contributed by atoms with van der Waals surface area (Å²) in [6, 6.07) is 5.11. The predicted molar refractivity (Wildman–Crippen MR) is 85.1 cm³/mol. The van der Waals surface area contributed by atoms with Crippen molar-refractivity contribution in [2.45, 2.75) is 12.8 Å². The molecule has 0 unspecified atom stereocenters. The number of nitrogens with one attached hydrogen (secondary N) is 1. The smallest absolute Gasteiger partial charge is 0.229 e. The van der Waals surface area contributed by atoms with Gasteiger partial charge >= 0.3 is 0 Å². The Morgan fingerprint density at radius 2 is 1.86 bits per heavy atom. The Morgan fingerprint density at radius 1 is 1.18 bits per heavy atom. The van der Waals surface area contributed by atoms with Gasteiger partial charge in [-0.05, 0) is 30.9 Å². The first-order valence-electron chi connectivity index (χ1n) is 7.59. The lowest BCUT2D eigenvalue weighted by Gasteiger charge is -2.20. The van der Waals surface area contributed by atoms with Crippen molar-refractivity contribution < 1.29 is 17.9 Å². The van der Waals surface area contributed by atoms with Gasteiger partial charge in [-0.3, -0.25) is 9.62 Å². The average Bonchev–Trinajstić information content (AvgIpc) is 3.21. The number of benzene rings is 1. The van der Waals surface area contributed by atoms with E-state index in [2.05, 4.69) is 9.62 Å². The molecule has 1 aromatic rings. The number of sulfonamides is 1. The van der Waals surface area contributed by atoms with E-state index in [-0.39, 0.29) is 0 Å². The van der Waals surface area contributed by atoms with E-state index in [0.717, 1.165) is 31.8 Å². The number of hydrogen-bond donors (Lipinski definition) is 1. The summed E-state index contributed by atoms with van der Waals surface area (Å²) in [7, 11) is -3.30. The van der Waals surface area contributed by atoms with Crippen LogP contribution in [-0.2, 0) is 10.0 Å². The van der Waals surface area contributed by atoms with Crippen molar-refractivity contribution in [2.75, 3.05) is 43.8 Å². The number of rotatable bonds is 4. The predicted octanol–water partition coefficient (Wildman–Crippen LogP) is 1.54. The lowest BCUT2D eigenvalue weighted by Crippen LogP contribution is -2.33. The van der Waals surface area contributed by atoms with Gasteiger partial charge in [-0.1, -0.05) is 0 Å². The normalized spacial score (nSPS) is 19.9. The van der Waals surface area contributed by atoms with Crippen molar-refractivity contribution in [3.05, 3.63) is 18.2 Å². The second-order valence-electron chi connectivity index (χ2n) is 5.98. The summed E-state index contributed by atoms with van der Waals surface area (Å²) < 4.78 is 36.6. The van der Waals surface area contributed by atoms with Crippen molar-refractivity contribution in [3.63, 3.8) is 0 Å². The highest BCUT2D eigenvalue weighted by Gasteiger charge is 2.24. The van der Waals surface area contributed by atoms with Crippen molar-refractivity contribution in [2.24, 2.45) is 5.92 Å². The van der Waals surface area contributed by atoms with Gasteiger partial charge in [0.1, 0.15) is 13.2 Å².